The fourth-order valence-electron chi connectivity index (χ4n) is 1.29. The summed E-state index contributed by atoms with van der Waals surface area (Å²) in [5.74, 6) is 5.85. The van der Waals surface area contributed by atoms with Gasteiger partial charge in [0.15, 0.2) is 5.60 Å². The van der Waals surface area contributed by atoms with Crippen LogP contribution in [-0.2, 0) is 9.53 Å². The van der Waals surface area contributed by atoms with Gasteiger partial charge >= 0.3 is 5.97 Å². The van der Waals surface area contributed by atoms with Crippen LogP contribution < -0.4 is 0 Å². The molecule has 3 nitrogen and oxygen atoms in total. The van der Waals surface area contributed by atoms with Crippen molar-refractivity contribution in [1.29, 1.82) is 0 Å². The van der Waals surface area contributed by atoms with Crippen LogP contribution in [0.4, 0.5) is 0 Å². The van der Waals surface area contributed by atoms with Crippen molar-refractivity contribution >= 4 is 5.97 Å². The summed E-state index contributed by atoms with van der Waals surface area (Å²) in [6.07, 6.45) is 0.706. The van der Waals surface area contributed by atoms with Crippen LogP contribution in [0, 0.1) is 11.8 Å². The Morgan fingerprint density at radius 1 is 1.31 bits per heavy atom. The Morgan fingerprint density at radius 2 is 1.88 bits per heavy atom. The van der Waals surface area contributed by atoms with E-state index >= 15 is 0 Å². The van der Waals surface area contributed by atoms with Crippen LogP contribution in [0.5, 0.6) is 0 Å². The minimum atomic E-state index is -0.640. The first-order chi connectivity index (χ1) is 7.47. The van der Waals surface area contributed by atoms with E-state index in [1.54, 1.807) is 0 Å². The minimum absolute atomic E-state index is 0.276. The lowest BCUT2D eigenvalue weighted by Gasteiger charge is -2.21. The van der Waals surface area contributed by atoms with E-state index in [-0.39, 0.29) is 5.97 Å². The van der Waals surface area contributed by atoms with Crippen molar-refractivity contribution in [2.24, 2.45) is 0 Å². The molecule has 0 rings (SSSR count). The van der Waals surface area contributed by atoms with Crippen molar-refractivity contribution in [3.63, 3.8) is 0 Å². The zero-order chi connectivity index (χ0) is 12.6. The third-order valence-electron chi connectivity index (χ3n) is 2.59. The summed E-state index contributed by atoms with van der Waals surface area (Å²) < 4.78 is 5.21. The number of carbonyl (C=O) groups is 1. The second-order valence-corrected chi connectivity index (χ2v) is 3.94. The van der Waals surface area contributed by atoms with Crippen molar-refractivity contribution < 1.29 is 9.53 Å². The summed E-state index contributed by atoms with van der Waals surface area (Å²) in [7, 11) is 0. The van der Waals surface area contributed by atoms with Gasteiger partial charge in [-0.25, -0.2) is 0 Å². The first kappa shape index (κ1) is 15.0. The Balaban J connectivity index is 4.40. The number of nitrogens with zero attached hydrogens (tertiary/aromatic N) is 1. The summed E-state index contributed by atoms with van der Waals surface area (Å²) in [5.41, 5.74) is -0.640. The maximum Gasteiger partial charge on any atom is 0.304 e. The molecular formula is C13H23NO2. The molecule has 0 heterocycles. The van der Waals surface area contributed by atoms with Gasteiger partial charge in [-0.2, -0.15) is 0 Å². The van der Waals surface area contributed by atoms with Crippen molar-refractivity contribution in [3.05, 3.63) is 0 Å². The van der Waals surface area contributed by atoms with E-state index in [1.807, 2.05) is 13.8 Å². The average Bonchev–Trinajstić information content (AvgIpc) is 2.23. The smallest absolute Gasteiger partial charge is 0.304 e. The molecule has 0 aliphatic rings. The highest BCUT2D eigenvalue weighted by Crippen LogP contribution is 2.13. The molecule has 0 aliphatic heterocycles. The highest BCUT2D eigenvalue weighted by Gasteiger charge is 2.22. The standard InChI is InChI=1S/C13H23NO2/c1-6-13(5,16-12(4)15)10-9-11-14(7-2)8-3/h6-8,11H2,1-5H3. The molecule has 0 aromatic carbocycles. The Labute approximate surface area is 99.2 Å². The number of hydrogen-bond donors (Lipinski definition) is 0. The number of hydrogen-bond acceptors (Lipinski definition) is 3. The first-order valence-electron chi connectivity index (χ1n) is 5.89. The van der Waals surface area contributed by atoms with Gasteiger partial charge in [0.2, 0.25) is 0 Å². The predicted octanol–water partition coefficient (Wildman–Crippen LogP) is 2.06. The number of carbonyl (C=O) groups excluding carboxylic acids is 1. The van der Waals surface area contributed by atoms with Crippen molar-refractivity contribution in [1.82, 2.24) is 4.90 Å². The molecule has 0 aliphatic carbocycles. The van der Waals surface area contributed by atoms with Gasteiger partial charge in [-0.15, -0.1) is 0 Å². The van der Waals surface area contributed by atoms with Crippen LogP contribution in [0.2, 0.25) is 0 Å². The molecule has 0 aromatic rings. The lowest BCUT2D eigenvalue weighted by Crippen LogP contribution is -2.29. The SMILES string of the molecule is CCN(CC)CC#CC(C)(CC)OC(C)=O. The molecule has 1 unspecified atom stereocenters. The van der Waals surface area contributed by atoms with Crippen LogP contribution >= 0.6 is 0 Å². The van der Waals surface area contributed by atoms with E-state index in [1.165, 1.54) is 6.92 Å². The van der Waals surface area contributed by atoms with Gasteiger partial charge in [-0.05, 0) is 26.4 Å². The molecule has 16 heavy (non-hydrogen) atoms. The molecule has 0 bridgehead atoms. The monoisotopic (exact) mass is 225 g/mol. The Hall–Kier alpha value is -1.01. The van der Waals surface area contributed by atoms with Crippen LogP contribution in [-0.4, -0.2) is 36.1 Å². The molecule has 0 N–H and O–H groups in total. The third kappa shape index (κ3) is 5.77. The normalized spacial score (nSPS) is 13.9. The molecule has 0 spiro atoms. The van der Waals surface area contributed by atoms with E-state index in [9.17, 15) is 4.79 Å². The zero-order valence-electron chi connectivity index (χ0n) is 11.1. The van der Waals surface area contributed by atoms with E-state index in [0.29, 0.717) is 6.42 Å². The van der Waals surface area contributed by atoms with Gasteiger partial charge in [0.1, 0.15) is 0 Å². The van der Waals surface area contributed by atoms with E-state index in [4.69, 9.17) is 4.74 Å². The molecule has 0 amide bonds. The lowest BCUT2D eigenvalue weighted by molar-refractivity contribution is -0.150. The summed E-state index contributed by atoms with van der Waals surface area (Å²) in [5, 5.41) is 0. The summed E-state index contributed by atoms with van der Waals surface area (Å²) in [4.78, 5) is 13.1. The molecule has 0 saturated heterocycles. The molecule has 1 atom stereocenters. The zero-order valence-corrected chi connectivity index (χ0v) is 11.1. The maximum atomic E-state index is 10.9. The third-order valence-corrected chi connectivity index (χ3v) is 2.59. The largest absolute Gasteiger partial charge is 0.446 e. The average molecular weight is 225 g/mol. The molecule has 3 heteroatoms. The Morgan fingerprint density at radius 3 is 2.25 bits per heavy atom. The van der Waals surface area contributed by atoms with Gasteiger partial charge in [-0.1, -0.05) is 32.6 Å². The maximum absolute atomic E-state index is 10.9. The van der Waals surface area contributed by atoms with Gasteiger partial charge in [0.05, 0.1) is 6.54 Å². The second-order valence-electron chi connectivity index (χ2n) is 3.94. The second kappa shape index (κ2) is 7.29. The molecule has 92 valence electrons. The molecule has 0 saturated carbocycles. The highest BCUT2D eigenvalue weighted by molar-refractivity contribution is 5.67. The van der Waals surface area contributed by atoms with E-state index in [0.717, 1.165) is 19.6 Å². The van der Waals surface area contributed by atoms with Crippen molar-refractivity contribution in [2.45, 2.75) is 46.6 Å². The molecular weight excluding hydrogens is 202 g/mol. The fourth-order valence-corrected chi connectivity index (χ4v) is 1.29. The Kier molecular flexibility index (Phi) is 6.83. The fraction of sp³-hybridized carbons (Fsp3) is 0.769. The predicted molar refractivity (Wildman–Crippen MR) is 66.0 cm³/mol. The first-order valence-corrected chi connectivity index (χ1v) is 5.89. The summed E-state index contributed by atoms with van der Waals surface area (Å²) >= 11 is 0. The van der Waals surface area contributed by atoms with Crippen LogP contribution in [0.3, 0.4) is 0 Å². The van der Waals surface area contributed by atoms with Crippen LogP contribution in [0.1, 0.15) is 41.0 Å². The summed E-state index contributed by atoms with van der Waals surface area (Å²) in [6, 6.07) is 0. The Bertz CT molecular complexity index is 273. The molecule has 0 fully saturated rings. The van der Waals surface area contributed by atoms with Crippen molar-refractivity contribution in [2.75, 3.05) is 19.6 Å². The number of esters is 1. The van der Waals surface area contributed by atoms with Crippen LogP contribution in [0.15, 0.2) is 0 Å². The van der Waals surface area contributed by atoms with Gasteiger partial charge in [0.25, 0.3) is 0 Å². The lowest BCUT2D eigenvalue weighted by atomic mass is 10.0. The molecule has 0 radical (unpaired) electrons. The van der Waals surface area contributed by atoms with E-state index in [2.05, 4.69) is 30.6 Å². The molecule has 0 aromatic heterocycles. The van der Waals surface area contributed by atoms with Gasteiger partial charge in [-0.3, -0.25) is 9.69 Å². The quantitative estimate of drug-likeness (QED) is 0.530. The van der Waals surface area contributed by atoms with Crippen LogP contribution in [0.25, 0.3) is 0 Å². The minimum Gasteiger partial charge on any atom is -0.446 e. The van der Waals surface area contributed by atoms with Gasteiger partial charge < -0.3 is 4.74 Å². The number of ether oxygens (including phenoxy) is 1. The highest BCUT2D eigenvalue weighted by atomic mass is 16.6. The van der Waals surface area contributed by atoms with Gasteiger partial charge in [0, 0.05) is 6.92 Å². The van der Waals surface area contributed by atoms with Crippen molar-refractivity contribution in [3.8, 4) is 11.8 Å². The summed E-state index contributed by atoms with van der Waals surface area (Å²) in [6.45, 7) is 12.2. The number of rotatable bonds is 5. The topological polar surface area (TPSA) is 29.5 Å². The van der Waals surface area contributed by atoms with E-state index < -0.39 is 5.60 Å².